The van der Waals surface area contributed by atoms with Crippen LogP contribution in [0.2, 0.25) is 0 Å². The SMILES string of the molecule is COc1ccc(NC(=O)NC2CCCC2)c(N)c1. The lowest BCUT2D eigenvalue weighted by Crippen LogP contribution is -2.36. The maximum Gasteiger partial charge on any atom is 0.319 e. The Balaban J connectivity index is 1.93. The molecule has 1 aliphatic carbocycles. The Hall–Kier alpha value is -1.91. The zero-order chi connectivity index (χ0) is 13.0. The van der Waals surface area contributed by atoms with Crippen LogP contribution in [-0.2, 0) is 0 Å². The van der Waals surface area contributed by atoms with Crippen LogP contribution in [0.3, 0.4) is 0 Å². The van der Waals surface area contributed by atoms with Crippen molar-refractivity contribution in [2.45, 2.75) is 31.7 Å². The fourth-order valence-electron chi connectivity index (χ4n) is 2.20. The first-order valence-electron chi connectivity index (χ1n) is 6.20. The second kappa shape index (κ2) is 5.62. The summed E-state index contributed by atoms with van der Waals surface area (Å²) in [5, 5.41) is 5.70. The van der Waals surface area contributed by atoms with E-state index < -0.39 is 0 Å². The van der Waals surface area contributed by atoms with Crippen LogP contribution < -0.4 is 21.1 Å². The van der Waals surface area contributed by atoms with Gasteiger partial charge < -0.3 is 21.1 Å². The number of nitrogens with one attached hydrogen (secondary N) is 2. The number of urea groups is 1. The molecule has 0 unspecified atom stereocenters. The Morgan fingerprint density at radius 2 is 2.11 bits per heavy atom. The van der Waals surface area contributed by atoms with Gasteiger partial charge in [-0.25, -0.2) is 4.79 Å². The zero-order valence-electron chi connectivity index (χ0n) is 10.5. The van der Waals surface area contributed by atoms with E-state index in [0.29, 0.717) is 23.2 Å². The number of hydrogen-bond donors (Lipinski definition) is 3. The summed E-state index contributed by atoms with van der Waals surface area (Å²) in [7, 11) is 1.58. The first kappa shape index (κ1) is 12.5. The molecule has 18 heavy (non-hydrogen) atoms. The molecule has 0 spiro atoms. The van der Waals surface area contributed by atoms with Gasteiger partial charge in [-0.2, -0.15) is 0 Å². The molecule has 0 heterocycles. The van der Waals surface area contributed by atoms with Crippen LogP contribution in [0.15, 0.2) is 18.2 Å². The molecule has 5 nitrogen and oxygen atoms in total. The molecule has 5 heteroatoms. The normalized spacial score (nSPS) is 15.4. The van der Waals surface area contributed by atoms with Gasteiger partial charge in [0.25, 0.3) is 0 Å². The van der Waals surface area contributed by atoms with Crippen molar-refractivity contribution in [3.8, 4) is 5.75 Å². The highest BCUT2D eigenvalue weighted by atomic mass is 16.5. The Kier molecular flexibility index (Phi) is 3.92. The van der Waals surface area contributed by atoms with E-state index in [1.807, 2.05) is 0 Å². The lowest BCUT2D eigenvalue weighted by molar-refractivity contribution is 0.248. The highest BCUT2D eigenvalue weighted by Crippen LogP contribution is 2.24. The van der Waals surface area contributed by atoms with Crippen LogP contribution in [0.4, 0.5) is 16.2 Å². The predicted octanol–water partition coefficient (Wildman–Crippen LogP) is 2.34. The van der Waals surface area contributed by atoms with Gasteiger partial charge in [-0.15, -0.1) is 0 Å². The van der Waals surface area contributed by atoms with Gasteiger partial charge in [-0.3, -0.25) is 0 Å². The summed E-state index contributed by atoms with van der Waals surface area (Å²) in [5.41, 5.74) is 6.93. The van der Waals surface area contributed by atoms with E-state index in [-0.39, 0.29) is 6.03 Å². The summed E-state index contributed by atoms with van der Waals surface area (Å²) in [6.45, 7) is 0. The van der Waals surface area contributed by atoms with Gasteiger partial charge in [0.15, 0.2) is 0 Å². The minimum absolute atomic E-state index is 0.196. The molecule has 2 amide bonds. The van der Waals surface area contributed by atoms with Crippen LogP contribution in [0.1, 0.15) is 25.7 Å². The van der Waals surface area contributed by atoms with Gasteiger partial charge in [0, 0.05) is 12.1 Å². The molecule has 1 saturated carbocycles. The van der Waals surface area contributed by atoms with Gasteiger partial charge >= 0.3 is 6.03 Å². The molecule has 98 valence electrons. The maximum atomic E-state index is 11.8. The first-order valence-corrected chi connectivity index (χ1v) is 6.20. The number of carbonyl (C=O) groups excluding carboxylic acids is 1. The summed E-state index contributed by atoms with van der Waals surface area (Å²) in [6, 6.07) is 5.29. The Morgan fingerprint density at radius 1 is 1.39 bits per heavy atom. The molecule has 0 saturated heterocycles. The number of benzene rings is 1. The molecule has 0 bridgehead atoms. The van der Waals surface area contributed by atoms with E-state index in [9.17, 15) is 4.79 Å². The Labute approximate surface area is 107 Å². The van der Waals surface area contributed by atoms with Crippen molar-refractivity contribution in [2.24, 2.45) is 0 Å². The summed E-state index contributed by atoms with van der Waals surface area (Å²) in [4.78, 5) is 11.8. The molecule has 1 aliphatic rings. The van der Waals surface area contributed by atoms with Crippen LogP contribution >= 0.6 is 0 Å². The fourth-order valence-corrected chi connectivity index (χ4v) is 2.20. The minimum Gasteiger partial charge on any atom is -0.497 e. The summed E-state index contributed by atoms with van der Waals surface area (Å²) >= 11 is 0. The molecule has 0 aromatic heterocycles. The number of carbonyl (C=O) groups is 1. The highest BCUT2D eigenvalue weighted by molar-refractivity contribution is 5.93. The number of nitrogens with two attached hydrogens (primary N) is 1. The number of methoxy groups -OCH3 is 1. The van der Waals surface area contributed by atoms with E-state index in [2.05, 4.69) is 10.6 Å². The third kappa shape index (κ3) is 3.06. The number of amides is 2. The fraction of sp³-hybridized carbons (Fsp3) is 0.462. The molecular formula is C13H19N3O2. The van der Waals surface area contributed by atoms with Crippen LogP contribution in [-0.4, -0.2) is 19.2 Å². The van der Waals surface area contributed by atoms with Gasteiger partial charge in [0.05, 0.1) is 18.5 Å². The summed E-state index contributed by atoms with van der Waals surface area (Å²) in [6.07, 6.45) is 4.50. The van der Waals surface area contributed by atoms with Crippen LogP contribution in [0.5, 0.6) is 5.75 Å². The van der Waals surface area contributed by atoms with Crippen LogP contribution in [0.25, 0.3) is 0 Å². The quantitative estimate of drug-likeness (QED) is 0.720. The monoisotopic (exact) mass is 249 g/mol. The highest BCUT2D eigenvalue weighted by Gasteiger charge is 2.17. The van der Waals surface area contributed by atoms with Crippen molar-refractivity contribution in [2.75, 3.05) is 18.2 Å². The third-order valence-corrected chi connectivity index (χ3v) is 3.20. The average molecular weight is 249 g/mol. The number of ether oxygens (including phenoxy) is 1. The van der Waals surface area contributed by atoms with E-state index in [0.717, 1.165) is 12.8 Å². The average Bonchev–Trinajstić information content (AvgIpc) is 2.84. The molecular weight excluding hydrogens is 230 g/mol. The van der Waals surface area contributed by atoms with Crippen molar-refractivity contribution in [1.82, 2.24) is 5.32 Å². The van der Waals surface area contributed by atoms with E-state index in [1.165, 1.54) is 12.8 Å². The molecule has 0 radical (unpaired) electrons. The lowest BCUT2D eigenvalue weighted by Gasteiger charge is -2.14. The van der Waals surface area contributed by atoms with Crippen molar-refractivity contribution in [3.63, 3.8) is 0 Å². The van der Waals surface area contributed by atoms with Gasteiger partial charge in [0.1, 0.15) is 5.75 Å². The first-order chi connectivity index (χ1) is 8.69. The van der Waals surface area contributed by atoms with Crippen molar-refractivity contribution < 1.29 is 9.53 Å². The molecule has 2 rings (SSSR count). The standard InChI is InChI=1S/C13H19N3O2/c1-18-10-6-7-12(11(14)8-10)16-13(17)15-9-4-2-3-5-9/h6-9H,2-5,14H2,1H3,(H2,15,16,17). The predicted molar refractivity (Wildman–Crippen MR) is 71.8 cm³/mol. The molecule has 0 atom stereocenters. The van der Waals surface area contributed by atoms with E-state index in [4.69, 9.17) is 10.5 Å². The van der Waals surface area contributed by atoms with Crippen molar-refractivity contribution in [3.05, 3.63) is 18.2 Å². The Morgan fingerprint density at radius 3 is 2.72 bits per heavy atom. The van der Waals surface area contributed by atoms with Gasteiger partial charge in [0.2, 0.25) is 0 Å². The second-order valence-corrected chi connectivity index (χ2v) is 4.53. The number of rotatable bonds is 3. The molecule has 0 aliphatic heterocycles. The smallest absolute Gasteiger partial charge is 0.319 e. The lowest BCUT2D eigenvalue weighted by atomic mass is 10.2. The minimum atomic E-state index is -0.196. The molecule has 1 fully saturated rings. The van der Waals surface area contributed by atoms with Gasteiger partial charge in [-0.05, 0) is 25.0 Å². The number of nitrogen functional groups attached to an aromatic ring is 1. The zero-order valence-corrected chi connectivity index (χ0v) is 10.5. The largest absolute Gasteiger partial charge is 0.497 e. The summed E-state index contributed by atoms with van der Waals surface area (Å²) < 4.78 is 5.05. The second-order valence-electron chi connectivity index (χ2n) is 4.53. The van der Waals surface area contributed by atoms with E-state index >= 15 is 0 Å². The van der Waals surface area contributed by atoms with Crippen molar-refractivity contribution >= 4 is 17.4 Å². The summed E-state index contributed by atoms with van der Waals surface area (Å²) in [5.74, 6) is 0.675. The van der Waals surface area contributed by atoms with E-state index in [1.54, 1.807) is 25.3 Å². The number of anilines is 2. The Bertz CT molecular complexity index is 428. The van der Waals surface area contributed by atoms with Gasteiger partial charge in [-0.1, -0.05) is 12.8 Å². The maximum absolute atomic E-state index is 11.8. The molecule has 1 aromatic rings. The van der Waals surface area contributed by atoms with Crippen LogP contribution in [0, 0.1) is 0 Å². The number of hydrogen-bond acceptors (Lipinski definition) is 3. The topological polar surface area (TPSA) is 76.4 Å². The van der Waals surface area contributed by atoms with Crippen molar-refractivity contribution in [1.29, 1.82) is 0 Å². The third-order valence-electron chi connectivity index (χ3n) is 3.20. The molecule has 1 aromatic carbocycles. The molecule has 4 N–H and O–H groups in total.